The number of furan rings is 1. The van der Waals surface area contributed by atoms with Crippen LogP contribution in [0.2, 0.25) is 5.02 Å². The third-order valence-electron chi connectivity index (χ3n) is 5.42. The van der Waals surface area contributed by atoms with Crippen LogP contribution in [-0.4, -0.2) is 47.3 Å². The van der Waals surface area contributed by atoms with Gasteiger partial charge in [-0.25, -0.2) is 0 Å². The van der Waals surface area contributed by atoms with Gasteiger partial charge in [-0.2, -0.15) is 5.10 Å². The van der Waals surface area contributed by atoms with Gasteiger partial charge >= 0.3 is 0 Å². The Morgan fingerprint density at radius 2 is 2.29 bits per heavy atom. The number of piperidine rings is 1. The van der Waals surface area contributed by atoms with Gasteiger partial charge in [0.2, 0.25) is 5.91 Å². The van der Waals surface area contributed by atoms with E-state index in [0.717, 1.165) is 49.2 Å². The van der Waals surface area contributed by atoms with Crippen molar-refractivity contribution < 1.29 is 14.0 Å². The van der Waals surface area contributed by atoms with E-state index in [0.29, 0.717) is 23.7 Å². The zero-order chi connectivity index (χ0) is 19.7. The van der Waals surface area contributed by atoms with Crippen molar-refractivity contribution in [3.05, 3.63) is 28.8 Å². The second kappa shape index (κ2) is 7.97. The van der Waals surface area contributed by atoms with E-state index in [1.807, 2.05) is 4.68 Å². The molecule has 0 spiro atoms. The number of nitrogens with zero attached hydrogens (tertiary/aromatic N) is 2. The molecule has 28 heavy (non-hydrogen) atoms. The molecule has 0 radical (unpaired) electrons. The number of aromatic nitrogens is 2. The Balaban J connectivity index is 1.41. The molecule has 0 bridgehead atoms. The van der Waals surface area contributed by atoms with Crippen molar-refractivity contribution >= 4 is 23.4 Å². The van der Waals surface area contributed by atoms with Gasteiger partial charge in [-0.05, 0) is 25.3 Å². The van der Waals surface area contributed by atoms with Crippen molar-refractivity contribution in [3.8, 4) is 11.3 Å². The van der Waals surface area contributed by atoms with Crippen LogP contribution in [0.4, 0.5) is 0 Å². The number of halogens is 1. The van der Waals surface area contributed by atoms with Crippen LogP contribution in [0.25, 0.3) is 11.3 Å². The Morgan fingerprint density at radius 3 is 3.04 bits per heavy atom. The first-order valence-corrected chi connectivity index (χ1v) is 10.0. The molecule has 150 valence electrons. The summed E-state index contributed by atoms with van der Waals surface area (Å²) in [5.74, 6) is 0.865. The van der Waals surface area contributed by atoms with E-state index in [9.17, 15) is 9.59 Å². The lowest BCUT2D eigenvalue weighted by Gasteiger charge is -2.29. The van der Waals surface area contributed by atoms with E-state index in [-0.39, 0.29) is 23.9 Å². The van der Waals surface area contributed by atoms with Crippen LogP contribution in [0.5, 0.6) is 0 Å². The summed E-state index contributed by atoms with van der Waals surface area (Å²) in [7, 11) is 1.64. The number of fused-ring (bicyclic) bond motifs is 3. The lowest BCUT2D eigenvalue weighted by molar-refractivity contribution is -0.121. The monoisotopic (exact) mass is 405 g/mol. The highest BCUT2D eigenvalue weighted by molar-refractivity contribution is 6.33. The van der Waals surface area contributed by atoms with Crippen molar-refractivity contribution in [2.24, 2.45) is 0 Å². The standard InChI is InChI=1S/C19H24ClN5O3/c1-21-17(26)7-11-4-5-12(9-22-11)24-19(27)16-8-13-15(28-16)3-2-6-25-18(13)14(20)10-23-25/h8,10-12,22H,2-7,9H2,1H3,(H,21,26)(H,24,27). The summed E-state index contributed by atoms with van der Waals surface area (Å²) in [6, 6.07) is 1.92. The quantitative estimate of drug-likeness (QED) is 0.719. The number of hydrogen-bond acceptors (Lipinski definition) is 5. The minimum Gasteiger partial charge on any atom is -0.455 e. The zero-order valence-electron chi connectivity index (χ0n) is 15.8. The molecule has 0 aromatic carbocycles. The van der Waals surface area contributed by atoms with E-state index < -0.39 is 0 Å². The Hall–Kier alpha value is -2.32. The molecule has 4 rings (SSSR count). The molecule has 8 nitrogen and oxygen atoms in total. The van der Waals surface area contributed by atoms with Crippen LogP contribution in [-0.2, 0) is 17.8 Å². The summed E-state index contributed by atoms with van der Waals surface area (Å²) >= 11 is 6.30. The van der Waals surface area contributed by atoms with Gasteiger partial charge in [0, 0.05) is 50.6 Å². The Morgan fingerprint density at radius 1 is 1.43 bits per heavy atom. The first-order chi connectivity index (χ1) is 13.5. The molecule has 2 aromatic rings. The Labute approximate surface area is 168 Å². The van der Waals surface area contributed by atoms with E-state index in [4.69, 9.17) is 16.0 Å². The number of amides is 2. The SMILES string of the molecule is CNC(=O)CC1CCC(NC(=O)c2cc3c(o2)CCCn2ncc(Cl)c2-3)CN1. The highest BCUT2D eigenvalue weighted by atomic mass is 35.5. The van der Waals surface area contributed by atoms with Crippen LogP contribution in [0.3, 0.4) is 0 Å². The lowest BCUT2D eigenvalue weighted by Crippen LogP contribution is -2.50. The molecule has 2 aliphatic rings. The van der Waals surface area contributed by atoms with Crippen molar-refractivity contribution in [2.75, 3.05) is 13.6 Å². The highest BCUT2D eigenvalue weighted by Gasteiger charge is 2.27. The maximum absolute atomic E-state index is 12.7. The van der Waals surface area contributed by atoms with Crippen molar-refractivity contribution in [1.29, 1.82) is 0 Å². The van der Waals surface area contributed by atoms with Gasteiger partial charge in [0.15, 0.2) is 5.76 Å². The van der Waals surface area contributed by atoms with E-state index in [2.05, 4.69) is 21.0 Å². The maximum Gasteiger partial charge on any atom is 0.287 e. The van der Waals surface area contributed by atoms with Gasteiger partial charge in [-0.1, -0.05) is 11.6 Å². The zero-order valence-corrected chi connectivity index (χ0v) is 16.5. The van der Waals surface area contributed by atoms with E-state index >= 15 is 0 Å². The summed E-state index contributed by atoms with van der Waals surface area (Å²) in [5, 5.41) is 13.9. The second-order valence-electron chi connectivity index (χ2n) is 7.35. The van der Waals surface area contributed by atoms with Gasteiger partial charge in [0.25, 0.3) is 5.91 Å². The van der Waals surface area contributed by atoms with Gasteiger partial charge in [-0.3, -0.25) is 14.3 Å². The van der Waals surface area contributed by atoms with Crippen LogP contribution >= 0.6 is 11.6 Å². The van der Waals surface area contributed by atoms with Crippen LogP contribution < -0.4 is 16.0 Å². The Bertz CT molecular complexity index is 882. The van der Waals surface area contributed by atoms with E-state index in [1.165, 1.54) is 0 Å². The summed E-state index contributed by atoms with van der Waals surface area (Å²) in [4.78, 5) is 24.2. The molecule has 4 heterocycles. The molecular formula is C19H24ClN5O3. The normalized spacial score (nSPS) is 21.4. The van der Waals surface area contributed by atoms with Gasteiger partial charge < -0.3 is 20.4 Å². The van der Waals surface area contributed by atoms with Gasteiger partial charge in [-0.15, -0.1) is 0 Å². The predicted octanol–water partition coefficient (Wildman–Crippen LogP) is 1.73. The summed E-state index contributed by atoms with van der Waals surface area (Å²) in [6.07, 6.45) is 5.36. The predicted molar refractivity (Wildman–Crippen MR) is 104 cm³/mol. The number of carbonyl (C=O) groups excluding carboxylic acids is 2. The minimum atomic E-state index is -0.230. The van der Waals surface area contributed by atoms with Crippen LogP contribution in [0, 0.1) is 0 Å². The molecule has 2 atom stereocenters. The molecule has 3 N–H and O–H groups in total. The Kier molecular flexibility index (Phi) is 5.41. The molecule has 2 aliphatic heterocycles. The van der Waals surface area contributed by atoms with Crippen molar-refractivity contribution in [3.63, 3.8) is 0 Å². The average Bonchev–Trinajstić information content (AvgIpc) is 3.22. The fraction of sp³-hybridized carbons (Fsp3) is 0.526. The number of carbonyl (C=O) groups is 2. The lowest BCUT2D eigenvalue weighted by atomic mass is 9.98. The van der Waals surface area contributed by atoms with E-state index in [1.54, 1.807) is 19.3 Å². The molecule has 1 fully saturated rings. The third-order valence-corrected chi connectivity index (χ3v) is 5.70. The molecule has 0 saturated carbocycles. The minimum absolute atomic E-state index is 0.00691. The smallest absolute Gasteiger partial charge is 0.287 e. The third kappa shape index (κ3) is 3.79. The fourth-order valence-corrected chi connectivity index (χ4v) is 4.15. The topological polar surface area (TPSA) is 101 Å². The summed E-state index contributed by atoms with van der Waals surface area (Å²) in [5.41, 5.74) is 1.66. The maximum atomic E-state index is 12.7. The van der Waals surface area contributed by atoms with Crippen LogP contribution in [0.1, 0.15) is 42.0 Å². The van der Waals surface area contributed by atoms with Crippen molar-refractivity contribution in [1.82, 2.24) is 25.7 Å². The number of nitrogens with one attached hydrogen (secondary N) is 3. The van der Waals surface area contributed by atoms with Crippen LogP contribution in [0.15, 0.2) is 16.7 Å². The number of rotatable bonds is 4. The molecule has 2 unspecified atom stereocenters. The molecule has 2 amide bonds. The van der Waals surface area contributed by atoms with Crippen molar-refractivity contribution in [2.45, 2.75) is 50.7 Å². The molecule has 9 heteroatoms. The molecular weight excluding hydrogens is 382 g/mol. The highest BCUT2D eigenvalue weighted by Crippen LogP contribution is 2.35. The first kappa shape index (κ1) is 19.0. The second-order valence-corrected chi connectivity index (χ2v) is 7.75. The van der Waals surface area contributed by atoms with Gasteiger partial charge in [0.05, 0.1) is 16.9 Å². The summed E-state index contributed by atoms with van der Waals surface area (Å²) in [6.45, 7) is 1.41. The molecule has 2 aromatic heterocycles. The summed E-state index contributed by atoms with van der Waals surface area (Å²) < 4.78 is 7.74. The molecule has 1 saturated heterocycles. The number of aryl methyl sites for hydroxylation is 2. The fourth-order valence-electron chi connectivity index (χ4n) is 3.91. The number of hydrogen-bond donors (Lipinski definition) is 3. The largest absolute Gasteiger partial charge is 0.455 e. The van der Waals surface area contributed by atoms with Gasteiger partial charge in [0.1, 0.15) is 5.76 Å². The average molecular weight is 406 g/mol. The molecule has 0 aliphatic carbocycles. The first-order valence-electron chi connectivity index (χ1n) is 9.64.